The Morgan fingerprint density at radius 2 is 1.39 bits per heavy atom. The maximum absolute atomic E-state index is 4.08. The first-order valence-electron chi connectivity index (χ1n) is 9.40. The van der Waals surface area contributed by atoms with Crippen LogP contribution in [-0.4, -0.2) is 4.57 Å². The Kier molecular flexibility index (Phi) is 3.26. The summed E-state index contributed by atoms with van der Waals surface area (Å²) in [6.07, 6.45) is 1.92. The normalized spacial score (nSPS) is 11.7. The molecule has 1 nitrogen and oxygen atoms in total. The summed E-state index contributed by atoms with van der Waals surface area (Å²) < 4.78 is 4.89. The second-order valence-electron chi connectivity index (χ2n) is 7.11. The van der Waals surface area contributed by atoms with E-state index in [1.165, 1.54) is 53.1 Å². The smallest absolute Gasteiger partial charge is 0.0541 e. The van der Waals surface area contributed by atoms with Crippen LogP contribution in [0.25, 0.3) is 59.3 Å². The van der Waals surface area contributed by atoms with Crippen LogP contribution in [0.2, 0.25) is 0 Å². The van der Waals surface area contributed by atoms with Crippen molar-refractivity contribution < 1.29 is 0 Å². The number of hydrogen-bond acceptors (Lipinski definition) is 1. The van der Waals surface area contributed by atoms with E-state index in [0.29, 0.717) is 0 Å². The Bertz CT molecular complexity index is 1520. The van der Waals surface area contributed by atoms with Crippen LogP contribution in [0.5, 0.6) is 0 Å². The molecule has 0 aliphatic carbocycles. The molecule has 0 aliphatic heterocycles. The molecule has 0 saturated heterocycles. The molecule has 0 amide bonds. The van der Waals surface area contributed by atoms with Gasteiger partial charge in [0, 0.05) is 37.1 Å². The van der Waals surface area contributed by atoms with Gasteiger partial charge in [0.25, 0.3) is 0 Å². The zero-order chi connectivity index (χ0) is 18.7. The molecule has 0 aliphatic rings. The van der Waals surface area contributed by atoms with Crippen molar-refractivity contribution in [2.45, 2.75) is 0 Å². The van der Waals surface area contributed by atoms with Gasteiger partial charge in [-0.1, -0.05) is 61.2 Å². The molecule has 2 heterocycles. The number of thiophene rings is 1. The Morgan fingerprint density at radius 1 is 0.607 bits per heavy atom. The topological polar surface area (TPSA) is 4.93 Å². The molecule has 0 unspecified atom stereocenters. The predicted molar refractivity (Wildman–Crippen MR) is 124 cm³/mol. The van der Waals surface area contributed by atoms with Crippen molar-refractivity contribution in [3.8, 4) is 11.1 Å². The van der Waals surface area contributed by atoms with Crippen molar-refractivity contribution in [3.05, 3.63) is 91.5 Å². The molecule has 4 aromatic carbocycles. The van der Waals surface area contributed by atoms with E-state index in [-0.39, 0.29) is 0 Å². The number of fused-ring (bicyclic) bond motifs is 6. The van der Waals surface area contributed by atoms with Crippen molar-refractivity contribution in [3.63, 3.8) is 0 Å². The number of aromatic nitrogens is 1. The second kappa shape index (κ2) is 5.82. The zero-order valence-corrected chi connectivity index (χ0v) is 16.0. The third kappa shape index (κ3) is 2.12. The first-order valence-corrected chi connectivity index (χ1v) is 10.2. The predicted octanol–water partition coefficient (Wildman–Crippen LogP) is 7.93. The van der Waals surface area contributed by atoms with Crippen LogP contribution in [0.15, 0.2) is 91.5 Å². The van der Waals surface area contributed by atoms with Gasteiger partial charge in [-0.3, -0.25) is 0 Å². The lowest BCUT2D eigenvalue weighted by Gasteiger charge is -2.03. The van der Waals surface area contributed by atoms with E-state index in [1.807, 2.05) is 17.5 Å². The lowest BCUT2D eigenvalue weighted by Crippen LogP contribution is -1.84. The molecule has 132 valence electrons. The molecule has 0 fully saturated rings. The fourth-order valence-corrected chi connectivity index (χ4v) is 5.40. The van der Waals surface area contributed by atoms with Gasteiger partial charge in [0.2, 0.25) is 0 Å². The summed E-state index contributed by atoms with van der Waals surface area (Å²) in [4.78, 5) is 0. The molecule has 28 heavy (non-hydrogen) atoms. The van der Waals surface area contributed by atoms with Gasteiger partial charge >= 0.3 is 0 Å². The first kappa shape index (κ1) is 15.7. The average molecular weight is 375 g/mol. The number of benzene rings is 4. The van der Waals surface area contributed by atoms with Crippen LogP contribution in [0, 0.1) is 0 Å². The van der Waals surface area contributed by atoms with Gasteiger partial charge in [0.05, 0.1) is 11.0 Å². The van der Waals surface area contributed by atoms with Crippen molar-refractivity contribution in [1.82, 2.24) is 4.57 Å². The van der Waals surface area contributed by atoms with Gasteiger partial charge < -0.3 is 4.57 Å². The highest BCUT2D eigenvalue weighted by Crippen LogP contribution is 2.40. The van der Waals surface area contributed by atoms with Crippen molar-refractivity contribution in [1.29, 1.82) is 0 Å². The molecular formula is C26H17NS. The second-order valence-corrected chi connectivity index (χ2v) is 8.20. The molecule has 0 atom stereocenters. The molecule has 2 aromatic heterocycles. The van der Waals surface area contributed by atoms with Gasteiger partial charge in [-0.2, -0.15) is 0 Å². The number of hydrogen-bond donors (Lipinski definition) is 0. The molecular weight excluding hydrogens is 358 g/mol. The van der Waals surface area contributed by atoms with Crippen LogP contribution in [-0.2, 0) is 0 Å². The third-order valence-electron chi connectivity index (χ3n) is 5.59. The fourth-order valence-electron chi connectivity index (χ4n) is 4.27. The minimum atomic E-state index is 1.20. The van der Waals surface area contributed by atoms with E-state index in [4.69, 9.17) is 0 Å². The highest BCUT2D eigenvalue weighted by molar-refractivity contribution is 7.25. The summed E-state index contributed by atoms with van der Waals surface area (Å²) in [5.41, 5.74) is 4.90. The quantitative estimate of drug-likeness (QED) is 0.289. The van der Waals surface area contributed by atoms with Gasteiger partial charge in [0.15, 0.2) is 0 Å². The molecule has 0 N–H and O–H groups in total. The van der Waals surface area contributed by atoms with Crippen LogP contribution >= 0.6 is 11.3 Å². The standard InChI is InChI=1S/C26H17NS/c1-2-27-23-13-12-18(17-8-4-3-5-9-17)14-20(23)21-16-26-22(15-24(21)27)19-10-6-7-11-25(19)28-26/h2-16H,1H2. The molecule has 0 spiro atoms. The van der Waals surface area contributed by atoms with Crippen LogP contribution in [0.4, 0.5) is 0 Å². The lowest BCUT2D eigenvalue weighted by atomic mass is 10.0. The van der Waals surface area contributed by atoms with Crippen LogP contribution in [0.3, 0.4) is 0 Å². The van der Waals surface area contributed by atoms with Gasteiger partial charge in [-0.15, -0.1) is 11.3 Å². The molecule has 6 aromatic rings. The van der Waals surface area contributed by atoms with E-state index in [0.717, 1.165) is 0 Å². The van der Waals surface area contributed by atoms with Crippen LogP contribution in [0.1, 0.15) is 0 Å². The lowest BCUT2D eigenvalue weighted by molar-refractivity contribution is 1.30. The van der Waals surface area contributed by atoms with E-state index in [2.05, 4.69) is 96.1 Å². The first-order chi connectivity index (χ1) is 13.8. The van der Waals surface area contributed by atoms with Crippen molar-refractivity contribution in [2.24, 2.45) is 0 Å². The van der Waals surface area contributed by atoms with Crippen molar-refractivity contribution in [2.75, 3.05) is 0 Å². The van der Waals surface area contributed by atoms with E-state index in [9.17, 15) is 0 Å². The largest absolute Gasteiger partial charge is 0.317 e. The Hall–Kier alpha value is -3.36. The Balaban J connectivity index is 1.74. The summed E-state index contributed by atoms with van der Waals surface area (Å²) in [6, 6.07) is 30.6. The summed E-state index contributed by atoms with van der Waals surface area (Å²) in [5, 5.41) is 5.21. The molecule has 6 rings (SSSR count). The Labute approximate surface area is 166 Å². The van der Waals surface area contributed by atoms with E-state index in [1.54, 1.807) is 0 Å². The SMILES string of the molecule is C=Cn1c2ccc(-c3ccccc3)cc2c2cc3sc4ccccc4c3cc21. The van der Waals surface area contributed by atoms with Gasteiger partial charge in [0.1, 0.15) is 0 Å². The average Bonchev–Trinajstić information content (AvgIpc) is 3.27. The van der Waals surface area contributed by atoms with E-state index < -0.39 is 0 Å². The monoisotopic (exact) mass is 375 g/mol. The summed E-state index contributed by atoms with van der Waals surface area (Å²) in [5.74, 6) is 0. The molecule has 2 heteroatoms. The molecule has 0 bridgehead atoms. The van der Waals surface area contributed by atoms with Gasteiger partial charge in [-0.25, -0.2) is 0 Å². The Morgan fingerprint density at radius 3 is 2.25 bits per heavy atom. The minimum Gasteiger partial charge on any atom is -0.317 e. The maximum Gasteiger partial charge on any atom is 0.0541 e. The maximum atomic E-state index is 4.08. The zero-order valence-electron chi connectivity index (χ0n) is 15.2. The summed E-state index contributed by atoms with van der Waals surface area (Å²) in [7, 11) is 0. The fraction of sp³-hybridized carbons (Fsp3) is 0. The highest BCUT2D eigenvalue weighted by atomic mass is 32.1. The number of nitrogens with zero attached hydrogens (tertiary/aromatic N) is 1. The number of rotatable bonds is 2. The summed E-state index contributed by atoms with van der Waals surface area (Å²) in [6.45, 7) is 4.08. The minimum absolute atomic E-state index is 1.20. The molecule has 0 saturated carbocycles. The van der Waals surface area contributed by atoms with Crippen LogP contribution < -0.4 is 0 Å². The highest BCUT2D eigenvalue weighted by Gasteiger charge is 2.14. The molecule has 0 radical (unpaired) electrons. The van der Waals surface area contributed by atoms with Crippen molar-refractivity contribution >= 4 is 59.5 Å². The van der Waals surface area contributed by atoms with E-state index >= 15 is 0 Å². The van der Waals surface area contributed by atoms with Gasteiger partial charge in [-0.05, 0) is 41.5 Å². The summed E-state index contributed by atoms with van der Waals surface area (Å²) >= 11 is 1.87. The third-order valence-corrected chi connectivity index (χ3v) is 6.72.